The van der Waals surface area contributed by atoms with Gasteiger partial charge in [-0.15, -0.1) is 5.10 Å². The van der Waals surface area contributed by atoms with E-state index >= 15 is 0 Å². The van der Waals surface area contributed by atoms with Gasteiger partial charge in [0.25, 0.3) is 11.7 Å². The Labute approximate surface area is 133 Å². The Morgan fingerprint density at radius 3 is 2.61 bits per heavy atom. The number of carbonyl (C=O) groups excluding carboxylic acids is 1. The Balaban J connectivity index is 1.92. The highest BCUT2D eigenvalue weighted by molar-refractivity contribution is 5.82. The van der Waals surface area contributed by atoms with Crippen LogP contribution >= 0.6 is 0 Å². The third-order valence-corrected chi connectivity index (χ3v) is 2.92. The number of amides is 1. The average molecular weight is 311 g/mol. The molecule has 1 N–H and O–H groups in total. The third-order valence-electron chi connectivity index (χ3n) is 2.92. The minimum Gasteiger partial charge on any atom is -0.444 e. The molecule has 0 aliphatic rings. The Morgan fingerprint density at radius 2 is 1.91 bits per heavy atom. The van der Waals surface area contributed by atoms with Crippen LogP contribution in [0.3, 0.4) is 0 Å². The van der Waals surface area contributed by atoms with Crippen molar-refractivity contribution in [3.8, 4) is 11.3 Å². The minimum atomic E-state index is -0.602. The number of aromatic nitrogens is 4. The Kier molecular flexibility index (Phi) is 3.69. The maximum atomic E-state index is 11.8. The quantitative estimate of drug-likeness (QED) is 0.786. The topological polar surface area (TPSA) is 81.4 Å². The normalized spacial score (nSPS) is 11.4. The summed E-state index contributed by atoms with van der Waals surface area (Å²) in [4.78, 5) is 20.2. The summed E-state index contributed by atoms with van der Waals surface area (Å²) in [6, 6.07) is 11.6. The summed E-state index contributed by atoms with van der Waals surface area (Å²) < 4.78 is 6.78. The molecule has 0 fully saturated rings. The second-order valence-electron chi connectivity index (χ2n) is 5.97. The van der Waals surface area contributed by atoms with E-state index in [0.29, 0.717) is 5.78 Å². The molecule has 3 aromatic rings. The summed E-state index contributed by atoms with van der Waals surface area (Å²) in [5, 5.41) is 6.81. The van der Waals surface area contributed by atoms with Crippen molar-refractivity contribution >= 4 is 17.8 Å². The molecule has 0 aliphatic carbocycles. The van der Waals surface area contributed by atoms with E-state index < -0.39 is 11.7 Å². The number of fused-ring (bicyclic) bond motifs is 1. The Bertz CT molecular complexity index is 837. The molecule has 1 amide bonds. The van der Waals surface area contributed by atoms with Crippen molar-refractivity contribution < 1.29 is 9.53 Å². The van der Waals surface area contributed by atoms with E-state index in [4.69, 9.17) is 4.74 Å². The molecule has 0 saturated heterocycles. The van der Waals surface area contributed by atoms with Crippen LogP contribution in [0.2, 0.25) is 0 Å². The van der Waals surface area contributed by atoms with Gasteiger partial charge in [0.15, 0.2) is 0 Å². The molecule has 3 rings (SSSR count). The Morgan fingerprint density at radius 1 is 1.17 bits per heavy atom. The van der Waals surface area contributed by atoms with Gasteiger partial charge in [-0.1, -0.05) is 30.3 Å². The summed E-state index contributed by atoms with van der Waals surface area (Å²) in [5.74, 6) is 0.549. The van der Waals surface area contributed by atoms with Crippen LogP contribution in [0.15, 0.2) is 42.6 Å². The SMILES string of the molecule is CC(C)(C)OC(=O)Nc1nc2nccc(-c3ccccc3)n2n1. The first-order valence-electron chi connectivity index (χ1n) is 7.19. The zero-order valence-electron chi connectivity index (χ0n) is 13.1. The molecular weight excluding hydrogens is 294 g/mol. The average Bonchev–Trinajstić information content (AvgIpc) is 2.88. The molecule has 0 aliphatic heterocycles. The third kappa shape index (κ3) is 3.45. The van der Waals surface area contributed by atoms with E-state index in [0.717, 1.165) is 11.3 Å². The standard InChI is InChI=1S/C16H17N5O2/c1-16(2,3)23-15(22)19-13-18-14-17-10-9-12(21(14)20-13)11-7-5-4-6-8-11/h4-10H,1-3H3,(H,19,20,22). The molecule has 2 aromatic heterocycles. The number of anilines is 1. The van der Waals surface area contributed by atoms with Gasteiger partial charge in [-0.05, 0) is 26.8 Å². The fourth-order valence-electron chi connectivity index (χ4n) is 2.07. The van der Waals surface area contributed by atoms with E-state index in [1.54, 1.807) is 31.5 Å². The van der Waals surface area contributed by atoms with Crippen molar-refractivity contribution in [3.05, 3.63) is 42.6 Å². The monoisotopic (exact) mass is 311 g/mol. The van der Waals surface area contributed by atoms with Gasteiger partial charge in [0.05, 0.1) is 5.69 Å². The molecule has 23 heavy (non-hydrogen) atoms. The van der Waals surface area contributed by atoms with E-state index in [1.807, 2.05) is 36.4 Å². The highest BCUT2D eigenvalue weighted by Crippen LogP contribution is 2.19. The molecule has 7 heteroatoms. The molecule has 0 saturated carbocycles. The van der Waals surface area contributed by atoms with Crippen LogP contribution in [0.1, 0.15) is 20.8 Å². The lowest BCUT2D eigenvalue weighted by atomic mass is 10.1. The molecule has 0 unspecified atom stereocenters. The largest absolute Gasteiger partial charge is 0.444 e. The number of ether oxygens (including phenoxy) is 1. The second-order valence-corrected chi connectivity index (χ2v) is 5.97. The number of hydrogen-bond donors (Lipinski definition) is 1. The van der Waals surface area contributed by atoms with Gasteiger partial charge < -0.3 is 4.74 Å². The molecule has 2 heterocycles. The number of benzene rings is 1. The van der Waals surface area contributed by atoms with E-state index in [9.17, 15) is 4.79 Å². The summed E-state index contributed by atoms with van der Waals surface area (Å²) in [6.45, 7) is 5.37. The summed E-state index contributed by atoms with van der Waals surface area (Å²) in [5.41, 5.74) is 1.23. The molecule has 0 spiro atoms. The van der Waals surface area contributed by atoms with Crippen molar-refractivity contribution in [1.82, 2.24) is 19.6 Å². The molecular formula is C16H17N5O2. The van der Waals surface area contributed by atoms with Crippen molar-refractivity contribution in [1.29, 1.82) is 0 Å². The zero-order chi connectivity index (χ0) is 16.4. The van der Waals surface area contributed by atoms with Crippen LogP contribution in [0, 0.1) is 0 Å². The number of hydrogen-bond acceptors (Lipinski definition) is 5. The lowest BCUT2D eigenvalue weighted by Gasteiger charge is -2.18. The lowest BCUT2D eigenvalue weighted by Crippen LogP contribution is -2.27. The number of nitrogens with one attached hydrogen (secondary N) is 1. The van der Waals surface area contributed by atoms with Crippen LogP contribution in [0.4, 0.5) is 10.7 Å². The maximum absolute atomic E-state index is 11.8. The van der Waals surface area contributed by atoms with Gasteiger partial charge in [-0.2, -0.15) is 9.50 Å². The Hall–Kier alpha value is -2.96. The first kappa shape index (κ1) is 15.0. The number of carbonyl (C=O) groups is 1. The van der Waals surface area contributed by atoms with Crippen LogP contribution < -0.4 is 5.32 Å². The second kappa shape index (κ2) is 5.68. The van der Waals surface area contributed by atoms with Gasteiger partial charge in [0.1, 0.15) is 5.60 Å². The minimum absolute atomic E-state index is 0.148. The van der Waals surface area contributed by atoms with Gasteiger partial charge in [-0.25, -0.2) is 9.78 Å². The number of nitrogens with zero attached hydrogens (tertiary/aromatic N) is 4. The summed E-state index contributed by atoms with van der Waals surface area (Å²) in [6.07, 6.45) is 1.05. The lowest BCUT2D eigenvalue weighted by molar-refractivity contribution is 0.0634. The van der Waals surface area contributed by atoms with E-state index in [2.05, 4.69) is 20.4 Å². The van der Waals surface area contributed by atoms with Gasteiger partial charge >= 0.3 is 6.09 Å². The van der Waals surface area contributed by atoms with Crippen LogP contribution in [0.25, 0.3) is 17.0 Å². The summed E-state index contributed by atoms with van der Waals surface area (Å²) in [7, 11) is 0. The molecule has 0 radical (unpaired) electrons. The first-order chi connectivity index (χ1) is 10.9. The fraction of sp³-hybridized carbons (Fsp3) is 0.250. The van der Waals surface area contributed by atoms with Gasteiger partial charge in [0.2, 0.25) is 0 Å². The van der Waals surface area contributed by atoms with E-state index in [-0.39, 0.29) is 5.95 Å². The van der Waals surface area contributed by atoms with Gasteiger partial charge in [-0.3, -0.25) is 5.32 Å². The van der Waals surface area contributed by atoms with Crippen LogP contribution in [-0.2, 0) is 4.74 Å². The maximum Gasteiger partial charge on any atom is 0.414 e. The molecule has 118 valence electrons. The van der Waals surface area contributed by atoms with Crippen LogP contribution in [-0.4, -0.2) is 31.3 Å². The van der Waals surface area contributed by atoms with Crippen molar-refractivity contribution in [2.75, 3.05) is 5.32 Å². The highest BCUT2D eigenvalue weighted by Gasteiger charge is 2.18. The molecule has 1 aromatic carbocycles. The molecule has 0 atom stereocenters. The molecule has 0 bridgehead atoms. The highest BCUT2D eigenvalue weighted by atomic mass is 16.6. The predicted octanol–water partition coefficient (Wildman–Crippen LogP) is 3.14. The smallest absolute Gasteiger partial charge is 0.414 e. The fourth-order valence-corrected chi connectivity index (χ4v) is 2.07. The molecule has 7 nitrogen and oxygen atoms in total. The van der Waals surface area contributed by atoms with Gasteiger partial charge in [0, 0.05) is 11.8 Å². The van der Waals surface area contributed by atoms with Crippen molar-refractivity contribution in [2.24, 2.45) is 0 Å². The first-order valence-corrected chi connectivity index (χ1v) is 7.19. The van der Waals surface area contributed by atoms with Crippen LogP contribution in [0.5, 0.6) is 0 Å². The number of rotatable bonds is 2. The predicted molar refractivity (Wildman–Crippen MR) is 86.1 cm³/mol. The van der Waals surface area contributed by atoms with Crippen molar-refractivity contribution in [2.45, 2.75) is 26.4 Å². The summed E-state index contributed by atoms with van der Waals surface area (Å²) >= 11 is 0. The van der Waals surface area contributed by atoms with Crippen molar-refractivity contribution in [3.63, 3.8) is 0 Å². The van der Waals surface area contributed by atoms with E-state index in [1.165, 1.54) is 0 Å². The zero-order valence-corrected chi connectivity index (χ0v) is 13.1.